The Bertz CT molecular complexity index is 1120. The molecule has 0 bridgehead atoms. The van der Waals surface area contributed by atoms with Crippen molar-refractivity contribution in [2.75, 3.05) is 10.6 Å². The summed E-state index contributed by atoms with van der Waals surface area (Å²) in [6, 6.07) is 8.79. The van der Waals surface area contributed by atoms with Crippen LogP contribution in [-0.2, 0) is 11.0 Å². The Hall–Kier alpha value is -3.88. The van der Waals surface area contributed by atoms with Gasteiger partial charge in [0, 0.05) is 22.5 Å². The third-order valence-electron chi connectivity index (χ3n) is 4.35. The number of halogens is 3. The van der Waals surface area contributed by atoms with Crippen LogP contribution in [0.1, 0.15) is 27.2 Å². The van der Waals surface area contributed by atoms with Crippen molar-refractivity contribution in [3.05, 3.63) is 77.4 Å². The second kappa shape index (κ2) is 6.93. The molecule has 0 atom stereocenters. The minimum absolute atomic E-state index is 0.0842. The smallest absolute Gasteiger partial charge is 0.345 e. The number of benzene rings is 2. The number of H-pyrrole nitrogens is 1. The van der Waals surface area contributed by atoms with Gasteiger partial charge in [0.1, 0.15) is 0 Å². The number of nitrogens with zero attached hydrogens (tertiary/aromatic N) is 1. The molecule has 146 valence electrons. The van der Waals surface area contributed by atoms with E-state index >= 15 is 0 Å². The quantitative estimate of drug-likeness (QED) is 0.579. The Kier molecular flexibility index (Phi) is 4.42. The first-order chi connectivity index (χ1) is 13.8. The normalized spacial score (nSPS) is 14.6. The van der Waals surface area contributed by atoms with E-state index in [-0.39, 0.29) is 11.5 Å². The predicted molar refractivity (Wildman–Crippen MR) is 101 cm³/mol. The molecule has 3 N–H and O–H groups in total. The summed E-state index contributed by atoms with van der Waals surface area (Å²) in [4.78, 5) is 31.4. The first-order valence-corrected chi connectivity index (χ1v) is 8.46. The summed E-state index contributed by atoms with van der Waals surface area (Å²) in [7, 11) is 0. The van der Waals surface area contributed by atoms with Crippen molar-refractivity contribution in [2.45, 2.75) is 6.18 Å². The minimum atomic E-state index is -4.47. The lowest BCUT2D eigenvalue weighted by molar-refractivity contribution is -0.137. The third kappa shape index (κ3) is 3.75. The molecular formula is C20H13F3N4O2. The van der Waals surface area contributed by atoms with E-state index in [1.807, 2.05) is 0 Å². The van der Waals surface area contributed by atoms with E-state index in [2.05, 4.69) is 20.6 Å². The Balaban J connectivity index is 1.57. The van der Waals surface area contributed by atoms with Crippen molar-refractivity contribution in [1.29, 1.82) is 0 Å². The maximum absolute atomic E-state index is 12.7. The van der Waals surface area contributed by atoms with Crippen LogP contribution in [0.3, 0.4) is 0 Å². The SMILES string of the molecule is O=C1Nc2ccc(NC(=O)c3ccc(C(F)(F)F)cc3)cc2/C1=C/c1cnc[nH]1. The fraction of sp³-hybridized carbons (Fsp3) is 0.0500. The number of aromatic amines is 1. The van der Waals surface area contributed by atoms with Gasteiger partial charge in [0.25, 0.3) is 11.8 Å². The highest BCUT2D eigenvalue weighted by Gasteiger charge is 2.30. The van der Waals surface area contributed by atoms with Gasteiger partial charge in [0.2, 0.25) is 0 Å². The fourth-order valence-electron chi connectivity index (χ4n) is 2.92. The predicted octanol–water partition coefficient (Wildman–Crippen LogP) is 4.17. The number of nitrogens with one attached hydrogen (secondary N) is 3. The molecule has 1 aromatic heterocycles. The zero-order chi connectivity index (χ0) is 20.6. The molecule has 9 heteroatoms. The molecule has 6 nitrogen and oxygen atoms in total. The number of alkyl halides is 3. The van der Waals surface area contributed by atoms with Gasteiger partial charge in [-0.15, -0.1) is 0 Å². The Morgan fingerprint density at radius 2 is 1.86 bits per heavy atom. The molecule has 1 aliphatic heterocycles. The second-order valence-electron chi connectivity index (χ2n) is 6.31. The summed E-state index contributed by atoms with van der Waals surface area (Å²) in [5, 5.41) is 5.37. The lowest BCUT2D eigenvalue weighted by Gasteiger charge is -2.09. The Morgan fingerprint density at radius 3 is 2.52 bits per heavy atom. The van der Waals surface area contributed by atoms with E-state index in [4.69, 9.17) is 0 Å². The van der Waals surface area contributed by atoms with Crippen molar-refractivity contribution in [1.82, 2.24) is 9.97 Å². The van der Waals surface area contributed by atoms with E-state index in [9.17, 15) is 22.8 Å². The minimum Gasteiger partial charge on any atom is -0.345 e. The third-order valence-corrected chi connectivity index (χ3v) is 4.35. The molecular weight excluding hydrogens is 385 g/mol. The molecule has 0 spiro atoms. The van der Waals surface area contributed by atoms with Gasteiger partial charge in [-0.25, -0.2) is 4.98 Å². The number of carbonyl (C=O) groups is 2. The van der Waals surface area contributed by atoms with Crippen LogP contribution >= 0.6 is 0 Å². The summed E-state index contributed by atoms with van der Waals surface area (Å²) < 4.78 is 38.0. The van der Waals surface area contributed by atoms with Crippen molar-refractivity contribution < 1.29 is 22.8 Å². The largest absolute Gasteiger partial charge is 0.416 e. The highest BCUT2D eigenvalue weighted by molar-refractivity contribution is 6.35. The summed E-state index contributed by atoms with van der Waals surface area (Å²) in [5.74, 6) is -0.851. The number of hydrogen-bond donors (Lipinski definition) is 3. The average Bonchev–Trinajstić information content (AvgIpc) is 3.30. The van der Waals surface area contributed by atoms with Crippen molar-refractivity contribution in [2.24, 2.45) is 0 Å². The highest BCUT2D eigenvalue weighted by Crippen LogP contribution is 2.35. The molecule has 0 saturated carbocycles. The molecule has 4 rings (SSSR count). The van der Waals surface area contributed by atoms with Crippen LogP contribution in [0.2, 0.25) is 0 Å². The standard InChI is InChI=1S/C20H13F3N4O2/c21-20(22,23)12-3-1-11(2-4-12)18(28)26-13-5-6-17-15(7-13)16(19(29)27-17)8-14-9-24-10-25-14/h1-10H,(H,24,25)(H,26,28)(H,27,29)/b16-8-. The van der Waals surface area contributed by atoms with Crippen molar-refractivity contribution >= 4 is 34.8 Å². The molecule has 2 amide bonds. The van der Waals surface area contributed by atoms with Gasteiger partial charge >= 0.3 is 6.18 Å². The molecule has 0 fully saturated rings. The summed E-state index contributed by atoms with van der Waals surface area (Å²) in [6.07, 6.45) is 0.219. The number of carbonyl (C=O) groups excluding carboxylic acids is 2. The zero-order valence-corrected chi connectivity index (χ0v) is 14.7. The Morgan fingerprint density at radius 1 is 1.10 bits per heavy atom. The summed E-state index contributed by atoms with van der Waals surface area (Å²) in [6.45, 7) is 0. The van der Waals surface area contributed by atoms with Gasteiger partial charge in [-0.3, -0.25) is 9.59 Å². The van der Waals surface area contributed by atoms with Crippen LogP contribution in [0.4, 0.5) is 24.5 Å². The lowest BCUT2D eigenvalue weighted by Crippen LogP contribution is -2.13. The van der Waals surface area contributed by atoms with Crippen molar-refractivity contribution in [3.63, 3.8) is 0 Å². The maximum Gasteiger partial charge on any atom is 0.416 e. The highest BCUT2D eigenvalue weighted by atomic mass is 19.4. The van der Waals surface area contributed by atoms with E-state index in [1.54, 1.807) is 30.5 Å². The fourth-order valence-corrected chi connectivity index (χ4v) is 2.92. The lowest BCUT2D eigenvalue weighted by atomic mass is 10.0. The number of hydrogen-bond acceptors (Lipinski definition) is 3. The maximum atomic E-state index is 12.7. The second-order valence-corrected chi connectivity index (χ2v) is 6.31. The molecule has 0 radical (unpaired) electrons. The summed E-state index contributed by atoms with van der Waals surface area (Å²) >= 11 is 0. The molecule has 0 aliphatic carbocycles. The van der Waals surface area contributed by atoms with Crippen LogP contribution in [-0.4, -0.2) is 21.8 Å². The molecule has 29 heavy (non-hydrogen) atoms. The van der Waals surface area contributed by atoms with Gasteiger partial charge in [-0.2, -0.15) is 13.2 Å². The van der Waals surface area contributed by atoms with Gasteiger partial charge in [-0.05, 0) is 48.5 Å². The topological polar surface area (TPSA) is 86.9 Å². The summed E-state index contributed by atoms with van der Waals surface area (Å²) in [5.41, 5.74) is 1.88. The van der Waals surface area contributed by atoms with E-state index in [0.717, 1.165) is 24.3 Å². The average molecular weight is 398 g/mol. The van der Waals surface area contributed by atoms with Gasteiger partial charge < -0.3 is 15.6 Å². The van der Waals surface area contributed by atoms with Crippen LogP contribution in [0, 0.1) is 0 Å². The number of anilines is 2. The Labute approximate surface area is 162 Å². The van der Waals surface area contributed by atoms with E-state index < -0.39 is 17.6 Å². The molecule has 2 heterocycles. The van der Waals surface area contributed by atoms with E-state index in [1.165, 1.54) is 6.33 Å². The van der Waals surface area contributed by atoms with Crippen LogP contribution < -0.4 is 10.6 Å². The van der Waals surface area contributed by atoms with E-state index in [0.29, 0.717) is 28.2 Å². The number of rotatable bonds is 3. The van der Waals surface area contributed by atoms with Gasteiger partial charge in [-0.1, -0.05) is 0 Å². The first-order valence-electron chi connectivity index (χ1n) is 8.46. The molecule has 2 aromatic carbocycles. The molecule has 3 aromatic rings. The van der Waals surface area contributed by atoms with Crippen LogP contribution in [0.25, 0.3) is 11.6 Å². The number of fused-ring (bicyclic) bond motifs is 1. The van der Waals surface area contributed by atoms with Gasteiger partial charge in [0.05, 0.1) is 29.4 Å². The molecule has 0 saturated heterocycles. The first kappa shape index (κ1) is 18.5. The van der Waals surface area contributed by atoms with Crippen molar-refractivity contribution in [3.8, 4) is 0 Å². The van der Waals surface area contributed by atoms with Crippen LogP contribution in [0.5, 0.6) is 0 Å². The molecule has 0 unspecified atom stereocenters. The van der Waals surface area contributed by atoms with Crippen LogP contribution in [0.15, 0.2) is 55.0 Å². The molecule has 1 aliphatic rings. The number of amides is 2. The number of aromatic nitrogens is 2. The monoisotopic (exact) mass is 398 g/mol. The number of imidazole rings is 1. The zero-order valence-electron chi connectivity index (χ0n) is 14.7. The van der Waals surface area contributed by atoms with Gasteiger partial charge in [0.15, 0.2) is 0 Å².